The van der Waals surface area contributed by atoms with E-state index in [-0.39, 0.29) is 5.91 Å². The molecule has 0 saturated heterocycles. The molecule has 0 spiro atoms. The Labute approximate surface area is 121 Å². The molecule has 0 bridgehead atoms. The van der Waals surface area contributed by atoms with Crippen LogP contribution in [0.25, 0.3) is 0 Å². The summed E-state index contributed by atoms with van der Waals surface area (Å²) in [6.45, 7) is 2.28. The maximum absolute atomic E-state index is 11.8. The number of anilines is 1. The van der Waals surface area contributed by atoms with Gasteiger partial charge in [0.15, 0.2) is 0 Å². The summed E-state index contributed by atoms with van der Waals surface area (Å²) in [6.07, 6.45) is 8.02. The number of hydrogen-bond donors (Lipinski definition) is 1. The van der Waals surface area contributed by atoms with Gasteiger partial charge in [-0.3, -0.25) is 4.79 Å². The molecule has 1 aliphatic rings. The standard InChI is InChI=1S/C16H25N3O/c1-4-12-5-8-14(9-6-12)18-15-10-7-13(11-17-15)16(20)19(2)3/h7,10-12,14H,4-6,8-9H2,1-3H3,(H,17,18). The van der Waals surface area contributed by atoms with E-state index in [1.165, 1.54) is 32.1 Å². The second-order valence-corrected chi connectivity index (χ2v) is 5.90. The largest absolute Gasteiger partial charge is 0.367 e. The second kappa shape index (κ2) is 6.73. The number of hydrogen-bond acceptors (Lipinski definition) is 3. The molecule has 2 rings (SSSR count). The molecule has 1 heterocycles. The summed E-state index contributed by atoms with van der Waals surface area (Å²) >= 11 is 0. The van der Waals surface area contributed by atoms with Crippen LogP contribution in [0.4, 0.5) is 5.82 Å². The molecule has 0 radical (unpaired) electrons. The van der Waals surface area contributed by atoms with Crippen molar-refractivity contribution in [2.24, 2.45) is 5.92 Å². The fourth-order valence-electron chi connectivity index (χ4n) is 2.79. The molecule has 4 nitrogen and oxygen atoms in total. The highest BCUT2D eigenvalue weighted by molar-refractivity contribution is 5.93. The first-order valence-electron chi connectivity index (χ1n) is 7.54. The van der Waals surface area contributed by atoms with Crippen molar-refractivity contribution < 1.29 is 4.79 Å². The van der Waals surface area contributed by atoms with Crippen LogP contribution in [0.15, 0.2) is 18.3 Å². The zero-order chi connectivity index (χ0) is 14.5. The zero-order valence-corrected chi connectivity index (χ0v) is 12.7. The van der Waals surface area contributed by atoms with Crippen LogP contribution in [0.5, 0.6) is 0 Å². The summed E-state index contributed by atoms with van der Waals surface area (Å²) < 4.78 is 0. The SMILES string of the molecule is CCC1CCC(Nc2ccc(C(=O)N(C)C)cn2)CC1. The van der Waals surface area contributed by atoms with Crippen molar-refractivity contribution in [1.82, 2.24) is 9.88 Å². The van der Waals surface area contributed by atoms with Crippen molar-refractivity contribution in [2.75, 3.05) is 19.4 Å². The van der Waals surface area contributed by atoms with E-state index in [1.54, 1.807) is 25.2 Å². The Hall–Kier alpha value is -1.58. The van der Waals surface area contributed by atoms with E-state index < -0.39 is 0 Å². The maximum atomic E-state index is 11.8. The number of amides is 1. The van der Waals surface area contributed by atoms with Gasteiger partial charge in [0.05, 0.1) is 5.56 Å². The van der Waals surface area contributed by atoms with Gasteiger partial charge < -0.3 is 10.2 Å². The predicted octanol–water partition coefficient (Wildman–Crippen LogP) is 3.16. The van der Waals surface area contributed by atoms with Gasteiger partial charge >= 0.3 is 0 Å². The highest BCUT2D eigenvalue weighted by Gasteiger charge is 2.20. The summed E-state index contributed by atoms with van der Waals surface area (Å²) in [4.78, 5) is 17.7. The van der Waals surface area contributed by atoms with E-state index in [0.717, 1.165) is 11.7 Å². The van der Waals surface area contributed by atoms with Crippen LogP contribution in [0.3, 0.4) is 0 Å². The third-order valence-corrected chi connectivity index (χ3v) is 4.19. The normalized spacial score (nSPS) is 22.4. The Morgan fingerprint density at radius 1 is 1.30 bits per heavy atom. The van der Waals surface area contributed by atoms with E-state index in [9.17, 15) is 4.79 Å². The average Bonchev–Trinajstić information content (AvgIpc) is 2.48. The van der Waals surface area contributed by atoms with Crippen LogP contribution in [0, 0.1) is 5.92 Å². The predicted molar refractivity (Wildman–Crippen MR) is 81.9 cm³/mol. The highest BCUT2D eigenvalue weighted by Crippen LogP contribution is 2.28. The summed E-state index contributed by atoms with van der Waals surface area (Å²) in [6, 6.07) is 4.28. The smallest absolute Gasteiger partial charge is 0.254 e. The molecule has 0 aliphatic heterocycles. The molecule has 20 heavy (non-hydrogen) atoms. The monoisotopic (exact) mass is 275 g/mol. The Morgan fingerprint density at radius 2 is 2.00 bits per heavy atom. The lowest BCUT2D eigenvalue weighted by Crippen LogP contribution is -2.26. The quantitative estimate of drug-likeness (QED) is 0.918. The van der Waals surface area contributed by atoms with Crippen LogP contribution in [-0.4, -0.2) is 35.9 Å². The van der Waals surface area contributed by atoms with E-state index >= 15 is 0 Å². The van der Waals surface area contributed by atoms with Crippen molar-refractivity contribution in [3.8, 4) is 0 Å². The molecular formula is C16H25N3O. The molecular weight excluding hydrogens is 250 g/mol. The van der Waals surface area contributed by atoms with Crippen LogP contribution in [-0.2, 0) is 0 Å². The topological polar surface area (TPSA) is 45.2 Å². The van der Waals surface area contributed by atoms with Crippen LogP contribution < -0.4 is 5.32 Å². The van der Waals surface area contributed by atoms with Crippen molar-refractivity contribution in [3.05, 3.63) is 23.9 Å². The highest BCUT2D eigenvalue weighted by atomic mass is 16.2. The van der Waals surface area contributed by atoms with E-state index in [0.29, 0.717) is 11.6 Å². The minimum atomic E-state index is -0.00694. The summed E-state index contributed by atoms with van der Waals surface area (Å²) in [5.74, 6) is 1.77. The molecule has 0 unspecified atom stereocenters. The lowest BCUT2D eigenvalue weighted by molar-refractivity contribution is 0.0827. The third-order valence-electron chi connectivity index (χ3n) is 4.19. The van der Waals surface area contributed by atoms with Gasteiger partial charge in [-0.1, -0.05) is 13.3 Å². The van der Waals surface area contributed by atoms with Crippen molar-refractivity contribution >= 4 is 11.7 Å². The fraction of sp³-hybridized carbons (Fsp3) is 0.625. The number of nitrogens with one attached hydrogen (secondary N) is 1. The number of nitrogens with zero attached hydrogens (tertiary/aromatic N) is 2. The van der Waals surface area contributed by atoms with Crippen LogP contribution in [0.2, 0.25) is 0 Å². The van der Waals surface area contributed by atoms with E-state index in [1.807, 2.05) is 12.1 Å². The van der Waals surface area contributed by atoms with Gasteiger partial charge in [-0.2, -0.15) is 0 Å². The molecule has 1 saturated carbocycles. The Bertz CT molecular complexity index is 434. The molecule has 0 aromatic carbocycles. The molecule has 4 heteroatoms. The first-order chi connectivity index (χ1) is 9.60. The second-order valence-electron chi connectivity index (χ2n) is 5.90. The van der Waals surface area contributed by atoms with Gasteiger partial charge in [0.2, 0.25) is 0 Å². The number of rotatable bonds is 4. The van der Waals surface area contributed by atoms with Crippen LogP contribution >= 0.6 is 0 Å². The maximum Gasteiger partial charge on any atom is 0.254 e. The number of aromatic nitrogens is 1. The molecule has 1 aromatic rings. The number of pyridine rings is 1. The van der Waals surface area contributed by atoms with Crippen molar-refractivity contribution in [2.45, 2.75) is 45.1 Å². The molecule has 1 amide bonds. The lowest BCUT2D eigenvalue weighted by atomic mass is 9.84. The average molecular weight is 275 g/mol. The Balaban J connectivity index is 1.90. The summed E-state index contributed by atoms with van der Waals surface area (Å²) in [7, 11) is 3.50. The lowest BCUT2D eigenvalue weighted by Gasteiger charge is -2.28. The fourth-order valence-corrected chi connectivity index (χ4v) is 2.79. The Morgan fingerprint density at radius 3 is 2.50 bits per heavy atom. The van der Waals surface area contributed by atoms with Crippen molar-refractivity contribution in [1.29, 1.82) is 0 Å². The molecule has 0 atom stereocenters. The minimum Gasteiger partial charge on any atom is -0.367 e. The van der Waals surface area contributed by atoms with E-state index in [2.05, 4.69) is 17.2 Å². The van der Waals surface area contributed by atoms with Gasteiger partial charge in [-0.25, -0.2) is 4.98 Å². The zero-order valence-electron chi connectivity index (χ0n) is 12.7. The first-order valence-corrected chi connectivity index (χ1v) is 7.54. The molecule has 1 fully saturated rings. The van der Waals surface area contributed by atoms with E-state index in [4.69, 9.17) is 0 Å². The molecule has 1 aromatic heterocycles. The summed E-state index contributed by atoms with van der Waals surface area (Å²) in [5, 5.41) is 3.48. The van der Waals surface area contributed by atoms with Crippen molar-refractivity contribution in [3.63, 3.8) is 0 Å². The minimum absolute atomic E-state index is 0.00694. The molecule has 1 aliphatic carbocycles. The number of carbonyl (C=O) groups is 1. The van der Waals surface area contributed by atoms with Gasteiger partial charge in [-0.05, 0) is 43.7 Å². The van der Waals surface area contributed by atoms with Gasteiger partial charge in [0, 0.05) is 26.3 Å². The Kier molecular flexibility index (Phi) is 4.99. The molecule has 110 valence electrons. The van der Waals surface area contributed by atoms with Gasteiger partial charge in [-0.15, -0.1) is 0 Å². The third kappa shape index (κ3) is 3.71. The first kappa shape index (κ1) is 14.8. The van der Waals surface area contributed by atoms with Crippen LogP contribution in [0.1, 0.15) is 49.4 Å². The van der Waals surface area contributed by atoms with Gasteiger partial charge in [0.1, 0.15) is 5.82 Å². The number of carbonyl (C=O) groups excluding carboxylic acids is 1. The van der Waals surface area contributed by atoms with Gasteiger partial charge in [0.25, 0.3) is 5.91 Å². The summed E-state index contributed by atoms with van der Waals surface area (Å²) in [5.41, 5.74) is 0.634. The molecule has 1 N–H and O–H groups in total.